The summed E-state index contributed by atoms with van der Waals surface area (Å²) in [6, 6.07) is 0. The summed E-state index contributed by atoms with van der Waals surface area (Å²) in [5.74, 6) is -0.652. The molecule has 1 unspecified atom stereocenters. The van der Waals surface area contributed by atoms with Gasteiger partial charge in [-0.05, 0) is 85.5 Å². The van der Waals surface area contributed by atoms with Crippen molar-refractivity contribution in [3.8, 4) is 0 Å². The van der Waals surface area contributed by atoms with Gasteiger partial charge in [0.1, 0.15) is 12.2 Å². The van der Waals surface area contributed by atoms with Crippen molar-refractivity contribution < 1.29 is 44.6 Å². The lowest BCUT2D eigenvalue weighted by Gasteiger charge is -2.26. The number of hydrogen-bond donors (Lipinski definition) is 5. The summed E-state index contributed by atoms with van der Waals surface area (Å²) in [6.07, 6.45) is 17.5. The first-order valence-corrected chi connectivity index (χ1v) is 18.9. The summed E-state index contributed by atoms with van der Waals surface area (Å²) in [4.78, 5) is 25.7. The summed E-state index contributed by atoms with van der Waals surface area (Å²) in [5, 5.41) is 49.4. The molecule has 1 aliphatic rings. The van der Waals surface area contributed by atoms with Crippen LogP contribution in [0, 0.1) is 17.8 Å². The fourth-order valence-electron chi connectivity index (χ4n) is 6.18. The minimum Gasteiger partial charge on any atom is -0.462 e. The van der Waals surface area contributed by atoms with Crippen molar-refractivity contribution in [2.45, 2.75) is 156 Å². The number of aliphatic hydroxyl groups is 5. The molecule has 9 heteroatoms. The Morgan fingerprint density at radius 2 is 1.50 bits per heavy atom. The molecule has 10 atom stereocenters. The van der Waals surface area contributed by atoms with Crippen molar-refractivity contribution >= 4 is 11.9 Å². The SMILES string of the molecule is CC(=C\C=C\C(C)=C\[C@@H](O)[C@H](O)C[C@@H](C)O)/C=C(C)/C=C/C(=O)O[C@H]1CCCC(=O)OC([C@@H](C)C/C(C)=C/[C@@H](C)[C@H](O)C[C@@H](C)O)C/C=C/C[C@@H]1C. The van der Waals surface area contributed by atoms with Crippen LogP contribution in [-0.2, 0) is 19.1 Å². The summed E-state index contributed by atoms with van der Waals surface area (Å²) in [5.41, 5.74) is 3.68. The van der Waals surface area contributed by atoms with Crippen molar-refractivity contribution in [1.29, 1.82) is 0 Å². The van der Waals surface area contributed by atoms with Gasteiger partial charge in [0.05, 0.1) is 30.5 Å². The zero-order valence-electron chi connectivity index (χ0n) is 33.1. The van der Waals surface area contributed by atoms with Gasteiger partial charge in [-0.1, -0.05) is 97.7 Å². The maximum atomic E-state index is 12.9. The van der Waals surface area contributed by atoms with Crippen molar-refractivity contribution in [3.63, 3.8) is 0 Å². The molecule has 0 bridgehead atoms. The van der Waals surface area contributed by atoms with Crippen LogP contribution in [0.25, 0.3) is 0 Å². The summed E-state index contributed by atoms with van der Waals surface area (Å²) in [6.45, 7) is 17.0. The Labute approximate surface area is 313 Å². The third kappa shape index (κ3) is 20.8. The molecule has 1 rings (SSSR count). The van der Waals surface area contributed by atoms with Crippen molar-refractivity contribution in [2.75, 3.05) is 0 Å². The second-order valence-electron chi connectivity index (χ2n) is 15.1. The highest BCUT2D eigenvalue weighted by molar-refractivity contribution is 5.82. The van der Waals surface area contributed by atoms with E-state index < -0.39 is 36.5 Å². The van der Waals surface area contributed by atoms with Gasteiger partial charge in [-0.15, -0.1) is 0 Å². The molecule has 5 N–H and O–H groups in total. The fraction of sp³-hybridized carbons (Fsp3) is 0.628. The first kappa shape index (κ1) is 46.9. The van der Waals surface area contributed by atoms with Gasteiger partial charge < -0.3 is 35.0 Å². The minimum absolute atomic E-state index is 0.0633. The van der Waals surface area contributed by atoms with E-state index in [1.807, 2.05) is 71.1 Å². The molecule has 1 heterocycles. The first-order valence-electron chi connectivity index (χ1n) is 18.9. The van der Waals surface area contributed by atoms with Crippen LogP contribution in [0.5, 0.6) is 0 Å². The van der Waals surface area contributed by atoms with E-state index in [-0.39, 0.29) is 48.8 Å². The van der Waals surface area contributed by atoms with E-state index in [0.717, 1.165) is 35.1 Å². The molecule has 0 saturated heterocycles. The highest BCUT2D eigenvalue weighted by Crippen LogP contribution is 2.26. The van der Waals surface area contributed by atoms with E-state index in [1.165, 1.54) is 6.08 Å². The Hall–Kier alpha value is -3.08. The number of aliphatic hydroxyl groups excluding tert-OH is 5. The van der Waals surface area contributed by atoms with Crippen LogP contribution in [0.4, 0.5) is 0 Å². The summed E-state index contributed by atoms with van der Waals surface area (Å²) in [7, 11) is 0. The topological polar surface area (TPSA) is 154 Å². The molecule has 0 amide bonds. The summed E-state index contributed by atoms with van der Waals surface area (Å²) >= 11 is 0. The van der Waals surface area contributed by atoms with Gasteiger partial charge in [0.25, 0.3) is 0 Å². The first-order chi connectivity index (χ1) is 24.4. The van der Waals surface area contributed by atoms with Crippen LogP contribution in [0.2, 0.25) is 0 Å². The molecule has 0 saturated carbocycles. The van der Waals surface area contributed by atoms with E-state index in [9.17, 15) is 35.1 Å². The maximum Gasteiger partial charge on any atom is 0.331 e. The second kappa shape index (κ2) is 25.0. The normalized spacial score (nSPS) is 25.3. The van der Waals surface area contributed by atoms with Gasteiger partial charge in [-0.3, -0.25) is 4.79 Å². The van der Waals surface area contributed by atoms with Gasteiger partial charge in [-0.2, -0.15) is 0 Å². The number of carbonyl (C=O) groups is 2. The Kier molecular flexibility index (Phi) is 22.6. The predicted octanol–water partition coefficient (Wildman–Crippen LogP) is 7.15. The monoisotopic (exact) mass is 728 g/mol. The lowest BCUT2D eigenvalue weighted by Crippen LogP contribution is -2.27. The standard InChI is InChI=1S/C43H68O9/c1-28(14-12-15-29(2)25-38(47)39(48)27-36(9)45)22-30(3)20-21-43(50)51-40-18-13-19-42(49)52-41(17-11-10-16-32(40)5)34(7)24-31(4)23-33(6)37(46)26-35(8)44/h10-12,14-15,20-23,25,32-41,44-48H,13,16-19,24,26-27H2,1-9H3/b11-10+,15-12+,21-20+,28-14+,29-25+,30-22+,31-23+/t32-,33+,34-,35+,36+,37+,38+,39+,40-,41?/m0/s1. The quantitative estimate of drug-likeness (QED) is 0.0455. The van der Waals surface area contributed by atoms with E-state index in [1.54, 1.807) is 26.0 Å². The molecule has 0 spiro atoms. The average Bonchev–Trinajstić information content (AvgIpc) is 3.03. The van der Waals surface area contributed by atoms with Crippen LogP contribution >= 0.6 is 0 Å². The van der Waals surface area contributed by atoms with Crippen molar-refractivity contribution in [2.24, 2.45) is 17.8 Å². The minimum atomic E-state index is -1.07. The molecule has 1 aliphatic heterocycles. The van der Waals surface area contributed by atoms with E-state index >= 15 is 0 Å². The number of hydrogen-bond acceptors (Lipinski definition) is 9. The van der Waals surface area contributed by atoms with Gasteiger partial charge in [0.2, 0.25) is 0 Å². The van der Waals surface area contributed by atoms with Crippen LogP contribution in [0.1, 0.15) is 114 Å². The Bertz CT molecular complexity index is 1300. The zero-order chi connectivity index (χ0) is 39.4. The molecule has 0 aromatic heterocycles. The third-order valence-electron chi connectivity index (χ3n) is 9.18. The number of esters is 2. The van der Waals surface area contributed by atoms with Crippen LogP contribution in [0.15, 0.2) is 83.1 Å². The number of rotatable bonds is 17. The van der Waals surface area contributed by atoms with E-state index in [2.05, 4.69) is 19.9 Å². The number of carbonyl (C=O) groups excluding carboxylic acids is 2. The Balaban J connectivity index is 2.79. The smallest absolute Gasteiger partial charge is 0.331 e. The van der Waals surface area contributed by atoms with Gasteiger partial charge >= 0.3 is 11.9 Å². The highest BCUT2D eigenvalue weighted by atomic mass is 16.5. The molecule has 0 radical (unpaired) electrons. The third-order valence-corrected chi connectivity index (χ3v) is 9.18. The Morgan fingerprint density at radius 3 is 2.15 bits per heavy atom. The zero-order valence-corrected chi connectivity index (χ0v) is 33.1. The second-order valence-corrected chi connectivity index (χ2v) is 15.1. The predicted molar refractivity (Wildman–Crippen MR) is 208 cm³/mol. The van der Waals surface area contributed by atoms with E-state index in [4.69, 9.17) is 9.47 Å². The molecule has 9 nitrogen and oxygen atoms in total. The van der Waals surface area contributed by atoms with Crippen molar-refractivity contribution in [1.82, 2.24) is 0 Å². The van der Waals surface area contributed by atoms with Crippen LogP contribution < -0.4 is 0 Å². The van der Waals surface area contributed by atoms with Crippen LogP contribution in [0.3, 0.4) is 0 Å². The van der Waals surface area contributed by atoms with Gasteiger partial charge in [0, 0.05) is 31.3 Å². The molecule has 0 aliphatic carbocycles. The highest BCUT2D eigenvalue weighted by Gasteiger charge is 2.25. The largest absolute Gasteiger partial charge is 0.462 e. The van der Waals surface area contributed by atoms with Crippen molar-refractivity contribution in [3.05, 3.63) is 83.1 Å². The molecule has 294 valence electrons. The molecular weight excluding hydrogens is 660 g/mol. The summed E-state index contributed by atoms with van der Waals surface area (Å²) < 4.78 is 11.8. The maximum absolute atomic E-state index is 12.9. The van der Waals surface area contributed by atoms with Gasteiger partial charge in [-0.25, -0.2) is 4.79 Å². The van der Waals surface area contributed by atoms with Crippen LogP contribution in [-0.4, -0.2) is 80.2 Å². The molecular formula is C43H68O9. The number of ether oxygens (including phenoxy) is 2. The lowest BCUT2D eigenvalue weighted by molar-refractivity contribution is -0.151. The average molecular weight is 729 g/mol. The van der Waals surface area contributed by atoms with E-state index in [0.29, 0.717) is 25.7 Å². The molecule has 0 aromatic carbocycles. The Morgan fingerprint density at radius 1 is 0.865 bits per heavy atom. The number of allylic oxidation sites excluding steroid dienone is 10. The molecule has 0 fully saturated rings. The lowest BCUT2D eigenvalue weighted by atomic mass is 9.90. The molecule has 52 heavy (non-hydrogen) atoms. The number of cyclic esters (lactones) is 1. The molecule has 0 aromatic rings. The fourth-order valence-corrected chi connectivity index (χ4v) is 6.18. The van der Waals surface area contributed by atoms with Gasteiger partial charge in [0.15, 0.2) is 0 Å².